The number of pyridine rings is 2. The van der Waals surface area contributed by atoms with E-state index in [1.165, 1.54) is 12.8 Å². The fourth-order valence-electron chi connectivity index (χ4n) is 3.16. The first kappa shape index (κ1) is 17.2. The van der Waals surface area contributed by atoms with Gasteiger partial charge in [-0.05, 0) is 18.6 Å². The van der Waals surface area contributed by atoms with Gasteiger partial charge in [-0.2, -0.15) is 0 Å². The van der Waals surface area contributed by atoms with Gasteiger partial charge in [0.15, 0.2) is 0 Å². The minimum Gasteiger partial charge on any atom is -0.378 e. The summed E-state index contributed by atoms with van der Waals surface area (Å²) >= 11 is 6.38. The third-order valence-electron chi connectivity index (χ3n) is 4.50. The van der Waals surface area contributed by atoms with Gasteiger partial charge in [0, 0.05) is 31.2 Å². The van der Waals surface area contributed by atoms with Crippen LogP contribution in [0.4, 0.5) is 5.69 Å². The second kappa shape index (κ2) is 7.99. The van der Waals surface area contributed by atoms with Crippen molar-refractivity contribution in [2.75, 3.05) is 31.2 Å². The Morgan fingerprint density at radius 1 is 1.25 bits per heavy atom. The molecule has 0 atom stereocenters. The molecule has 0 unspecified atom stereocenters. The zero-order valence-corrected chi connectivity index (χ0v) is 14.9. The maximum absolute atomic E-state index is 13.1. The Morgan fingerprint density at radius 2 is 2.04 bits per heavy atom. The lowest BCUT2D eigenvalue weighted by molar-refractivity contribution is 0.122. The second-order valence-corrected chi connectivity index (χ2v) is 6.58. The van der Waals surface area contributed by atoms with Crippen LogP contribution in [-0.2, 0) is 11.3 Å². The Balaban J connectivity index is 2.03. The normalized spacial score (nSPS) is 15.2. The number of morpholine rings is 1. The highest BCUT2D eigenvalue weighted by Crippen LogP contribution is 2.25. The van der Waals surface area contributed by atoms with Gasteiger partial charge in [-0.3, -0.25) is 9.36 Å². The zero-order valence-electron chi connectivity index (χ0n) is 14.1. The number of hydrogen-bond acceptors (Lipinski definition) is 4. The number of hydrogen-bond donors (Lipinski definition) is 0. The molecule has 0 N–H and O–H groups in total. The van der Waals surface area contributed by atoms with E-state index < -0.39 is 0 Å². The number of rotatable bonds is 6. The molecule has 1 aliphatic heterocycles. The molecule has 0 radical (unpaired) electrons. The molecule has 2 aromatic rings. The van der Waals surface area contributed by atoms with Gasteiger partial charge in [-0.1, -0.05) is 37.8 Å². The van der Waals surface area contributed by atoms with Gasteiger partial charge in [-0.15, -0.1) is 0 Å². The predicted molar refractivity (Wildman–Crippen MR) is 98.2 cm³/mol. The highest BCUT2D eigenvalue weighted by atomic mass is 35.5. The standard InChI is InChI=1S/C18H24ClN3O2/c1-2-3-4-5-8-22-17-14(15(19)6-7-20-17)13-16(18(22)23)21-9-11-24-12-10-21/h6-7,13H,2-5,8-12H2,1H3. The van der Waals surface area contributed by atoms with E-state index >= 15 is 0 Å². The molecule has 1 aliphatic rings. The summed E-state index contributed by atoms with van der Waals surface area (Å²) in [5.41, 5.74) is 1.41. The van der Waals surface area contributed by atoms with Crippen LogP contribution in [0.25, 0.3) is 11.0 Å². The van der Waals surface area contributed by atoms with Crippen molar-refractivity contribution >= 4 is 28.3 Å². The molecule has 0 aromatic carbocycles. The van der Waals surface area contributed by atoms with Crippen LogP contribution in [0.2, 0.25) is 5.02 Å². The van der Waals surface area contributed by atoms with Gasteiger partial charge in [0.1, 0.15) is 11.3 Å². The average molecular weight is 350 g/mol. The van der Waals surface area contributed by atoms with Crippen LogP contribution < -0.4 is 10.5 Å². The number of aromatic nitrogens is 2. The molecular weight excluding hydrogens is 326 g/mol. The Labute approximate surface area is 147 Å². The summed E-state index contributed by atoms with van der Waals surface area (Å²) < 4.78 is 7.20. The largest absolute Gasteiger partial charge is 0.378 e. The molecule has 1 saturated heterocycles. The van der Waals surface area contributed by atoms with E-state index in [1.54, 1.807) is 16.8 Å². The molecule has 3 heterocycles. The van der Waals surface area contributed by atoms with Crippen LogP contribution in [0.3, 0.4) is 0 Å². The van der Waals surface area contributed by atoms with Crippen molar-refractivity contribution in [1.29, 1.82) is 0 Å². The van der Waals surface area contributed by atoms with Crippen LogP contribution in [0.15, 0.2) is 23.1 Å². The smallest absolute Gasteiger partial charge is 0.275 e. The molecule has 5 nitrogen and oxygen atoms in total. The Hall–Kier alpha value is -1.59. The van der Waals surface area contributed by atoms with Crippen LogP contribution in [-0.4, -0.2) is 35.9 Å². The zero-order chi connectivity index (χ0) is 16.9. The van der Waals surface area contributed by atoms with Crippen LogP contribution in [0, 0.1) is 0 Å². The van der Waals surface area contributed by atoms with Crippen LogP contribution in [0.1, 0.15) is 32.6 Å². The van der Waals surface area contributed by atoms with Gasteiger partial charge < -0.3 is 9.64 Å². The summed E-state index contributed by atoms with van der Waals surface area (Å²) in [6.45, 7) is 5.62. The van der Waals surface area contributed by atoms with Crippen molar-refractivity contribution < 1.29 is 4.74 Å². The van der Waals surface area contributed by atoms with Gasteiger partial charge in [0.25, 0.3) is 5.56 Å². The quantitative estimate of drug-likeness (QED) is 0.749. The van der Waals surface area contributed by atoms with E-state index in [0.29, 0.717) is 36.1 Å². The summed E-state index contributed by atoms with van der Waals surface area (Å²) in [5, 5.41) is 1.48. The van der Waals surface area contributed by atoms with Gasteiger partial charge >= 0.3 is 0 Å². The fourth-order valence-corrected chi connectivity index (χ4v) is 3.35. The lowest BCUT2D eigenvalue weighted by Crippen LogP contribution is -2.40. The highest BCUT2D eigenvalue weighted by Gasteiger charge is 2.19. The summed E-state index contributed by atoms with van der Waals surface area (Å²) in [7, 11) is 0. The van der Waals surface area contributed by atoms with Crippen molar-refractivity contribution in [3.05, 3.63) is 33.7 Å². The van der Waals surface area contributed by atoms with Crippen molar-refractivity contribution in [1.82, 2.24) is 9.55 Å². The number of ether oxygens (including phenoxy) is 1. The molecule has 0 aliphatic carbocycles. The van der Waals surface area contributed by atoms with E-state index in [4.69, 9.17) is 16.3 Å². The maximum Gasteiger partial charge on any atom is 0.275 e. The molecule has 0 saturated carbocycles. The van der Waals surface area contributed by atoms with Crippen LogP contribution >= 0.6 is 11.6 Å². The first-order chi connectivity index (χ1) is 11.7. The SMILES string of the molecule is CCCCCCn1c(=O)c(N2CCOCC2)cc2c(Cl)ccnc21. The Bertz CT molecular complexity index is 754. The molecule has 0 amide bonds. The van der Waals surface area contributed by atoms with Gasteiger partial charge in [-0.25, -0.2) is 4.98 Å². The molecular formula is C18H24ClN3O2. The molecule has 6 heteroatoms. The second-order valence-electron chi connectivity index (χ2n) is 6.18. The molecule has 1 fully saturated rings. The molecule has 0 bridgehead atoms. The molecule has 0 spiro atoms. The fraction of sp³-hybridized carbons (Fsp3) is 0.556. The number of fused-ring (bicyclic) bond motifs is 1. The van der Waals surface area contributed by atoms with Crippen LogP contribution in [0.5, 0.6) is 0 Å². The monoisotopic (exact) mass is 349 g/mol. The number of nitrogens with zero attached hydrogens (tertiary/aromatic N) is 3. The van der Waals surface area contributed by atoms with Gasteiger partial charge in [0.2, 0.25) is 0 Å². The summed E-state index contributed by atoms with van der Waals surface area (Å²) in [6.07, 6.45) is 6.12. The summed E-state index contributed by atoms with van der Waals surface area (Å²) in [6, 6.07) is 3.67. The third-order valence-corrected chi connectivity index (χ3v) is 4.83. The summed E-state index contributed by atoms with van der Waals surface area (Å²) in [4.78, 5) is 19.6. The van der Waals surface area contributed by atoms with E-state index in [9.17, 15) is 4.79 Å². The lowest BCUT2D eigenvalue weighted by atomic mass is 10.2. The molecule has 130 valence electrons. The Kier molecular flexibility index (Phi) is 5.74. The van der Waals surface area contributed by atoms with Crippen molar-refractivity contribution in [2.45, 2.75) is 39.2 Å². The number of unbranched alkanes of at least 4 members (excludes halogenated alkanes) is 3. The molecule has 3 rings (SSSR count). The van der Waals surface area contributed by atoms with Gasteiger partial charge in [0.05, 0.1) is 18.2 Å². The number of anilines is 1. The highest BCUT2D eigenvalue weighted by molar-refractivity contribution is 6.35. The van der Waals surface area contributed by atoms with E-state index in [1.807, 2.05) is 6.07 Å². The number of halogens is 1. The van der Waals surface area contributed by atoms with Crippen molar-refractivity contribution in [3.8, 4) is 0 Å². The Morgan fingerprint density at radius 3 is 2.79 bits per heavy atom. The summed E-state index contributed by atoms with van der Waals surface area (Å²) in [5.74, 6) is 0. The first-order valence-corrected chi connectivity index (χ1v) is 9.11. The van der Waals surface area contributed by atoms with Crippen molar-refractivity contribution in [3.63, 3.8) is 0 Å². The number of aryl methyl sites for hydroxylation is 1. The van der Waals surface area contributed by atoms with E-state index in [2.05, 4.69) is 16.8 Å². The molecule has 24 heavy (non-hydrogen) atoms. The van der Waals surface area contributed by atoms with E-state index in [-0.39, 0.29) is 5.56 Å². The topological polar surface area (TPSA) is 47.4 Å². The maximum atomic E-state index is 13.1. The van der Waals surface area contributed by atoms with Crippen molar-refractivity contribution in [2.24, 2.45) is 0 Å². The first-order valence-electron chi connectivity index (χ1n) is 8.73. The average Bonchev–Trinajstić information content (AvgIpc) is 2.61. The predicted octanol–water partition coefficient (Wildman–Crippen LogP) is 3.47. The van der Waals surface area contributed by atoms with E-state index in [0.717, 1.165) is 31.3 Å². The molecule has 2 aromatic heterocycles. The lowest BCUT2D eigenvalue weighted by Gasteiger charge is -2.29. The third kappa shape index (κ3) is 3.57. The minimum atomic E-state index is 0.0238. The minimum absolute atomic E-state index is 0.0238.